The number of piperazine rings is 1. The van der Waals surface area contributed by atoms with Crippen molar-refractivity contribution in [2.75, 3.05) is 64.4 Å². The van der Waals surface area contributed by atoms with E-state index in [0.29, 0.717) is 0 Å². The number of aromatic nitrogens is 2. The molecule has 0 unspecified atom stereocenters. The zero-order chi connectivity index (χ0) is 14.9. The summed E-state index contributed by atoms with van der Waals surface area (Å²) in [6.07, 6.45) is 1.92. The number of likely N-dealkylation sites (N-methyl/N-ethyl adjacent to an activating group) is 1. The van der Waals surface area contributed by atoms with Gasteiger partial charge in [-0.05, 0) is 12.1 Å². The molecule has 3 rings (SSSR count). The molecular weight excluding hydrogens is 276 g/mol. The summed E-state index contributed by atoms with van der Waals surface area (Å²) >= 11 is 0. The Morgan fingerprint density at radius 2 is 2.00 bits per heavy atom. The molecule has 0 bridgehead atoms. The molecule has 22 heavy (non-hydrogen) atoms. The first kappa shape index (κ1) is 16.6. The van der Waals surface area contributed by atoms with Gasteiger partial charge in [-0.15, -0.1) is 5.10 Å². The lowest BCUT2D eigenvalue weighted by Gasteiger charge is -2.39. The van der Waals surface area contributed by atoms with Gasteiger partial charge in [0.1, 0.15) is 5.69 Å². The summed E-state index contributed by atoms with van der Waals surface area (Å²) in [6.45, 7) is 6.67. The molecule has 1 aliphatic rings. The predicted molar refractivity (Wildman–Crippen MR) is 92.8 cm³/mol. The van der Waals surface area contributed by atoms with Gasteiger partial charge in [-0.25, -0.2) is 4.52 Å². The quantitative estimate of drug-likeness (QED) is 0.658. The van der Waals surface area contributed by atoms with Crippen molar-refractivity contribution in [2.45, 2.75) is 0 Å². The van der Waals surface area contributed by atoms with E-state index < -0.39 is 0 Å². The molecule has 0 radical (unpaired) electrons. The summed E-state index contributed by atoms with van der Waals surface area (Å²) in [6, 6.07) is 5.92. The summed E-state index contributed by atoms with van der Waals surface area (Å²) < 4.78 is 2.95. The van der Waals surface area contributed by atoms with Gasteiger partial charge in [0.2, 0.25) is 0 Å². The third-order valence-electron chi connectivity index (χ3n) is 4.34. The van der Waals surface area contributed by atoms with Crippen LogP contribution in [0.1, 0.15) is 0 Å². The number of fused-ring (bicyclic) bond motifs is 1. The van der Waals surface area contributed by atoms with Crippen LogP contribution in [0.5, 0.6) is 0 Å². The number of hydrogen-bond donors (Lipinski definition) is 2. The van der Waals surface area contributed by atoms with Gasteiger partial charge in [-0.3, -0.25) is 4.90 Å². The van der Waals surface area contributed by atoms with Crippen molar-refractivity contribution in [3.63, 3.8) is 0 Å². The summed E-state index contributed by atoms with van der Waals surface area (Å²) in [5.41, 5.74) is 7.82. The van der Waals surface area contributed by atoms with E-state index in [1.165, 1.54) is 13.1 Å². The summed E-state index contributed by atoms with van der Waals surface area (Å²) in [7, 11) is 4.60. The first-order valence-corrected chi connectivity index (χ1v) is 7.56. The molecule has 0 amide bonds. The average Bonchev–Trinajstić information content (AvgIpc) is 2.78. The van der Waals surface area contributed by atoms with Crippen molar-refractivity contribution in [3.8, 4) is 0 Å². The van der Waals surface area contributed by atoms with Gasteiger partial charge in [0.05, 0.1) is 32.7 Å². The SMILES string of the molecule is C[N+]1(C)CCN(CCNc2nn3ccccc3c2N)CC1.[CH3-]. The van der Waals surface area contributed by atoms with Crippen LogP contribution in [0.4, 0.5) is 11.5 Å². The third-order valence-corrected chi connectivity index (χ3v) is 4.34. The normalized spacial score (nSPS) is 18.1. The Bertz CT molecular complexity index is 608. The van der Waals surface area contributed by atoms with Crippen LogP contribution in [0, 0.1) is 7.43 Å². The Morgan fingerprint density at radius 1 is 1.27 bits per heavy atom. The fourth-order valence-electron chi connectivity index (χ4n) is 2.75. The average molecular weight is 304 g/mol. The van der Waals surface area contributed by atoms with Gasteiger partial charge in [-0.1, -0.05) is 6.07 Å². The summed E-state index contributed by atoms with van der Waals surface area (Å²) in [4.78, 5) is 2.50. The van der Waals surface area contributed by atoms with Crippen molar-refractivity contribution in [1.29, 1.82) is 0 Å². The van der Waals surface area contributed by atoms with E-state index in [-0.39, 0.29) is 7.43 Å². The Labute approximate surface area is 133 Å². The molecule has 0 aliphatic carbocycles. The minimum Gasteiger partial charge on any atom is -0.394 e. The van der Waals surface area contributed by atoms with Crippen molar-refractivity contribution in [3.05, 3.63) is 31.8 Å². The number of rotatable bonds is 4. The van der Waals surface area contributed by atoms with E-state index in [2.05, 4.69) is 29.4 Å². The van der Waals surface area contributed by atoms with Crippen molar-refractivity contribution >= 4 is 17.0 Å². The first-order valence-electron chi connectivity index (χ1n) is 7.56. The number of nitrogens with two attached hydrogens (primary N) is 1. The largest absolute Gasteiger partial charge is 0.394 e. The lowest BCUT2D eigenvalue weighted by molar-refractivity contribution is -0.894. The Kier molecular flexibility index (Phi) is 4.93. The van der Waals surface area contributed by atoms with Gasteiger partial charge >= 0.3 is 0 Å². The molecule has 1 fully saturated rings. The molecule has 0 saturated carbocycles. The highest BCUT2D eigenvalue weighted by atomic mass is 15.4. The highest BCUT2D eigenvalue weighted by Crippen LogP contribution is 2.22. The Hall–Kier alpha value is -1.79. The number of quaternary nitrogens is 1. The molecule has 2 aromatic heterocycles. The van der Waals surface area contributed by atoms with Crippen LogP contribution in [0.2, 0.25) is 0 Å². The second-order valence-electron chi connectivity index (χ2n) is 6.44. The van der Waals surface area contributed by atoms with E-state index in [4.69, 9.17) is 5.73 Å². The lowest BCUT2D eigenvalue weighted by atomic mass is 10.3. The van der Waals surface area contributed by atoms with Crippen LogP contribution < -0.4 is 11.1 Å². The maximum Gasteiger partial charge on any atom is 0.172 e. The van der Waals surface area contributed by atoms with Crippen molar-refractivity contribution in [2.24, 2.45) is 0 Å². The molecular formula is C16H28N6. The van der Waals surface area contributed by atoms with Gasteiger partial charge in [0.15, 0.2) is 5.82 Å². The number of nitrogens with one attached hydrogen (secondary N) is 1. The topological polar surface area (TPSA) is 58.6 Å². The number of nitrogens with zero attached hydrogens (tertiary/aromatic N) is 4. The molecule has 0 atom stereocenters. The van der Waals surface area contributed by atoms with Crippen LogP contribution >= 0.6 is 0 Å². The van der Waals surface area contributed by atoms with Crippen LogP contribution in [0.15, 0.2) is 24.4 Å². The van der Waals surface area contributed by atoms with Crippen molar-refractivity contribution < 1.29 is 4.48 Å². The molecule has 1 saturated heterocycles. The van der Waals surface area contributed by atoms with Crippen molar-refractivity contribution in [1.82, 2.24) is 14.5 Å². The van der Waals surface area contributed by atoms with Crippen LogP contribution in [-0.2, 0) is 0 Å². The van der Waals surface area contributed by atoms with E-state index in [1.54, 1.807) is 0 Å². The number of nitrogen functional groups attached to an aromatic ring is 1. The first-order chi connectivity index (χ1) is 10.1. The van der Waals surface area contributed by atoms with E-state index in [9.17, 15) is 0 Å². The highest BCUT2D eigenvalue weighted by Gasteiger charge is 2.23. The van der Waals surface area contributed by atoms with Gasteiger partial charge < -0.3 is 23.0 Å². The van der Waals surface area contributed by atoms with E-state index in [1.807, 2.05) is 28.9 Å². The second-order valence-corrected chi connectivity index (χ2v) is 6.44. The maximum absolute atomic E-state index is 6.13. The van der Waals surface area contributed by atoms with Gasteiger partial charge in [-0.2, -0.15) is 0 Å². The minimum atomic E-state index is 0. The van der Waals surface area contributed by atoms with Gasteiger partial charge in [0.25, 0.3) is 0 Å². The zero-order valence-corrected chi connectivity index (χ0v) is 13.9. The second kappa shape index (κ2) is 6.54. The molecule has 3 heterocycles. The molecule has 0 aromatic carbocycles. The fourth-order valence-corrected chi connectivity index (χ4v) is 2.75. The fraction of sp³-hybridized carbons (Fsp3) is 0.500. The molecule has 6 heteroatoms. The molecule has 2 aromatic rings. The Morgan fingerprint density at radius 3 is 2.68 bits per heavy atom. The standard InChI is InChI=1S/C15H25N6.CH3/c1-21(2)11-9-19(10-12-21)8-6-17-15-14(16)13-5-3-4-7-20(13)18-15;/h3-5,7H,6,8-12,16H2,1-2H3,(H,17,18);1H3/q+1;-1. The molecule has 6 nitrogen and oxygen atoms in total. The lowest BCUT2D eigenvalue weighted by Crippen LogP contribution is -2.55. The number of hydrogen-bond acceptors (Lipinski definition) is 4. The summed E-state index contributed by atoms with van der Waals surface area (Å²) in [5, 5.41) is 7.84. The van der Waals surface area contributed by atoms with E-state index in [0.717, 1.165) is 47.7 Å². The summed E-state index contributed by atoms with van der Waals surface area (Å²) in [5.74, 6) is 0.786. The van der Waals surface area contributed by atoms with E-state index >= 15 is 0 Å². The highest BCUT2D eigenvalue weighted by molar-refractivity contribution is 5.80. The molecule has 3 N–H and O–H groups in total. The Balaban J connectivity index is 0.00000176. The predicted octanol–water partition coefficient (Wildman–Crippen LogP) is 1.17. The number of anilines is 2. The zero-order valence-electron chi connectivity index (χ0n) is 13.9. The van der Waals surface area contributed by atoms with Crippen LogP contribution in [-0.4, -0.2) is 72.4 Å². The third kappa shape index (κ3) is 3.51. The molecule has 0 spiro atoms. The van der Waals surface area contributed by atoms with Gasteiger partial charge in [0, 0.05) is 32.4 Å². The molecule has 1 aliphatic heterocycles. The number of pyridine rings is 1. The maximum atomic E-state index is 6.13. The minimum absolute atomic E-state index is 0. The van der Waals surface area contributed by atoms with Crippen LogP contribution in [0.3, 0.4) is 0 Å². The monoisotopic (exact) mass is 304 g/mol. The molecule has 122 valence electrons. The smallest absolute Gasteiger partial charge is 0.172 e. The van der Waals surface area contributed by atoms with Crippen LogP contribution in [0.25, 0.3) is 5.52 Å².